The Kier molecular flexibility index (Phi) is 3.43. The molecule has 3 nitrogen and oxygen atoms in total. The quantitative estimate of drug-likeness (QED) is 0.279. The van der Waals surface area contributed by atoms with Crippen molar-refractivity contribution in [2.45, 2.75) is 0 Å². The van der Waals surface area contributed by atoms with Gasteiger partial charge in [-0.1, -0.05) is 0 Å². The molecule has 0 spiro atoms. The molecular formula is C8H4F5NO2. The minimum Gasteiger partial charge on any atom is -0.419 e. The van der Waals surface area contributed by atoms with Gasteiger partial charge in [0.2, 0.25) is 34.8 Å². The summed E-state index contributed by atoms with van der Waals surface area (Å²) in [5, 5.41) is 0. The number of esters is 1. The van der Waals surface area contributed by atoms with E-state index < -0.39 is 47.3 Å². The van der Waals surface area contributed by atoms with E-state index in [0.717, 1.165) is 0 Å². The zero-order valence-electron chi connectivity index (χ0n) is 7.49. The zero-order chi connectivity index (χ0) is 12.5. The molecule has 1 aromatic carbocycles. The van der Waals surface area contributed by atoms with E-state index in [-0.39, 0.29) is 0 Å². The molecule has 0 bridgehead atoms. The third kappa shape index (κ3) is 1.96. The highest BCUT2D eigenvalue weighted by atomic mass is 19.2. The van der Waals surface area contributed by atoms with Crippen LogP contribution in [-0.2, 0) is 4.79 Å². The molecule has 16 heavy (non-hydrogen) atoms. The molecule has 88 valence electrons. The molecule has 0 saturated heterocycles. The van der Waals surface area contributed by atoms with Crippen molar-refractivity contribution in [3.8, 4) is 5.75 Å². The Hall–Kier alpha value is -1.70. The van der Waals surface area contributed by atoms with Crippen LogP contribution in [0.2, 0.25) is 0 Å². The number of carbonyl (C=O) groups excluding carboxylic acids is 1. The molecule has 0 aliphatic heterocycles. The molecule has 0 aromatic heterocycles. The van der Waals surface area contributed by atoms with Crippen molar-refractivity contribution in [1.29, 1.82) is 0 Å². The Balaban J connectivity index is 3.34. The standard InChI is InChI=1S/C8H4F5NO2/c9-3-4(10)6(12)8(7(13)5(3)11)16-2(15)1-14/h1,14H2. The molecule has 2 N–H and O–H groups in total. The van der Waals surface area contributed by atoms with E-state index in [9.17, 15) is 26.7 Å². The van der Waals surface area contributed by atoms with Gasteiger partial charge in [-0.05, 0) is 0 Å². The molecule has 0 saturated carbocycles. The third-order valence-electron chi connectivity index (χ3n) is 1.55. The van der Waals surface area contributed by atoms with Crippen LogP contribution in [0.5, 0.6) is 5.75 Å². The molecule has 0 amide bonds. The highest BCUT2D eigenvalue weighted by molar-refractivity contribution is 5.74. The number of halogens is 5. The van der Waals surface area contributed by atoms with Crippen LogP contribution >= 0.6 is 0 Å². The van der Waals surface area contributed by atoms with E-state index >= 15 is 0 Å². The van der Waals surface area contributed by atoms with Gasteiger partial charge in [-0.3, -0.25) is 4.79 Å². The maximum Gasteiger partial charge on any atom is 0.325 e. The second-order valence-electron chi connectivity index (χ2n) is 2.58. The zero-order valence-corrected chi connectivity index (χ0v) is 7.49. The van der Waals surface area contributed by atoms with Crippen LogP contribution < -0.4 is 10.5 Å². The topological polar surface area (TPSA) is 52.3 Å². The summed E-state index contributed by atoms with van der Waals surface area (Å²) in [6.07, 6.45) is 0. The fourth-order valence-corrected chi connectivity index (χ4v) is 0.830. The molecule has 0 radical (unpaired) electrons. The van der Waals surface area contributed by atoms with E-state index in [4.69, 9.17) is 5.73 Å². The number of hydrogen-bond donors (Lipinski definition) is 1. The van der Waals surface area contributed by atoms with E-state index in [0.29, 0.717) is 0 Å². The molecule has 0 fully saturated rings. The molecule has 0 aliphatic rings. The second kappa shape index (κ2) is 4.44. The third-order valence-corrected chi connectivity index (χ3v) is 1.55. The average molecular weight is 241 g/mol. The van der Waals surface area contributed by atoms with Crippen LogP contribution in [-0.4, -0.2) is 12.5 Å². The molecule has 1 aromatic rings. The lowest BCUT2D eigenvalue weighted by Crippen LogP contribution is -2.21. The van der Waals surface area contributed by atoms with Gasteiger partial charge in [0.15, 0.2) is 0 Å². The summed E-state index contributed by atoms with van der Waals surface area (Å²) in [6, 6.07) is 0. The fraction of sp³-hybridized carbons (Fsp3) is 0.125. The number of ether oxygens (including phenoxy) is 1. The van der Waals surface area contributed by atoms with Gasteiger partial charge in [0.25, 0.3) is 0 Å². The lowest BCUT2D eigenvalue weighted by molar-refractivity contribution is -0.133. The van der Waals surface area contributed by atoms with Gasteiger partial charge in [-0.25, -0.2) is 13.2 Å². The highest BCUT2D eigenvalue weighted by Gasteiger charge is 2.28. The number of nitrogens with two attached hydrogens (primary N) is 1. The summed E-state index contributed by atoms with van der Waals surface area (Å²) in [6.45, 7) is -0.764. The largest absolute Gasteiger partial charge is 0.419 e. The number of hydrogen-bond acceptors (Lipinski definition) is 3. The van der Waals surface area contributed by atoms with Crippen LogP contribution in [0.1, 0.15) is 0 Å². The summed E-state index contributed by atoms with van der Waals surface area (Å²) in [5.41, 5.74) is 4.75. The maximum atomic E-state index is 12.9. The monoisotopic (exact) mass is 241 g/mol. The Morgan fingerprint density at radius 2 is 1.31 bits per heavy atom. The van der Waals surface area contributed by atoms with Crippen molar-refractivity contribution in [2.75, 3.05) is 6.54 Å². The summed E-state index contributed by atoms with van der Waals surface area (Å²) >= 11 is 0. The fourth-order valence-electron chi connectivity index (χ4n) is 0.830. The Labute approximate surface area is 85.6 Å². The first kappa shape index (κ1) is 12.4. The normalized spacial score (nSPS) is 10.4. The van der Waals surface area contributed by atoms with Crippen LogP contribution in [0.3, 0.4) is 0 Å². The average Bonchev–Trinajstić information content (AvgIpc) is 2.29. The van der Waals surface area contributed by atoms with Gasteiger partial charge in [0, 0.05) is 0 Å². The van der Waals surface area contributed by atoms with Crippen molar-refractivity contribution < 1.29 is 31.5 Å². The predicted molar refractivity (Wildman–Crippen MR) is 40.9 cm³/mol. The van der Waals surface area contributed by atoms with Gasteiger partial charge < -0.3 is 10.5 Å². The van der Waals surface area contributed by atoms with Crippen molar-refractivity contribution in [3.05, 3.63) is 29.1 Å². The van der Waals surface area contributed by atoms with Crippen molar-refractivity contribution in [1.82, 2.24) is 0 Å². The first-order valence-electron chi connectivity index (χ1n) is 3.82. The molecule has 1 rings (SSSR count). The first-order chi connectivity index (χ1) is 7.40. The van der Waals surface area contributed by atoms with Gasteiger partial charge in [0.05, 0.1) is 6.54 Å². The van der Waals surface area contributed by atoms with Crippen LogP contribution in [0, 0.1) is 29.1 Å². The van der Waals surface area contributed by atoms with Crippen molar-refractivity contribution in [2.24, 2.45) is 5.73 Å². The van der Waals surface area contributed by atoms with E-state index in [1.807, 2.05) is 0 Å². The van der Waals surface area contributed by atoms with Crippen LogP contribution in [0.15, 0.2) is 0 Å². The predicted octanol–water partition coefficient (Wildman–Crippen LogP) is 1.25. The van der Waals surface area contributed by atoms with E-state index in [1.165, 1.54) is 0 Å². The minimum absolute atomic E-state index is 0.764. The highest BCUT2D eigenvalue weighted by Crippen LogP contribution is 2.28. The lowest BCUT2D eigenvalue weighted by Gasteiger charge is -2.07. The summed E-state index contributed by atoms with van der Waals surface area (Å²) < 4.78 is 67.3. The van der Waals surface area contributed by atoms with Gasteiger partial charge >= 0.3 is 5.97 Å². The maximum absolute atomic E-state index is 12.9. The number of rotatable bonds is 2. The van der Waals surface area contributed by atoms with Crippen molar-refractivity contribution >= 4 is 5.97 Å². The summed E-state index contributed by atoms with van der Waals surface area (Å²) in [4.78, 5) is 10.6. The Morgan fingerprint density at radius 3 is 1.69 bits per heavy atom. The van der Waals surface area contributed by atoms with Gasteiger partial charge in [0.1, 0.15) is 0 Å². The Morgan fingerprint density at radius 1 is 0.938 bits per heavy atom. The molecule has 0 atom stereocenters. The first-order valence-corrected chi connectivity index (χ1v) is 3.82. The lowest BCUT2D eigenvalue weighted by atomic mass is 10.2. The van der Waals surface area contributed by atoms with Crippen LogP contribution in [0.4, 0.5) is 22.0 Å². The smallest absolute Gasteiger partial charge is 0.325 e. The molecular weight excluding hydrogens is 237 g/mol. The molecule has 0 unspecified atom stereocenters. The van der Waals surface area contributed by atoms with E-state index in [2.05, 4.69) is 4.74 Å². The van der Waals surface area contributed by atoms with E-state index in [1.54, 1.807) is 0 Å². The SMILES string of the molecule is NCC(=O)Oc1c(F)c(F)c(F)c(F)c1F. The van der Waals surface area contributed by atoms with Crippen LogP contribution in [0.25, 0.3) is 0 Å². The molecule has 8 heteroatoms. The van der Waals surface area contributed by atoms with Gasteiger partial charge in [-0.15, -0.1) is 0 Å². The number of carbonyl (C=O) groups is 1. The summed E-state index contributed by atoms with van der Waals surface area (Å²) in [5.74, 6) is -14.2. The Bertz CT molecular complexity index is 420. The molecule has 0 heterocycles. The van der Waals surface area contributed by atoms with Gasteiger partial charge in [-0.2, -0.15) is 8.78 Å². The van der Waals surface area contributed by atoms with Crippen molar-refractivity contribution in [3.63, 3.8) is 0 Å². The second-order valence-corrected chi connectivity index (χ2v) is 2.58. The summed E-state index contributed by atoms with van der Waals surface area (Å²) in [7, 11) is 0. The number of benzene rings is 1. The minimum atomic E-state index is -2.33. The molecule has 0 aliphatic carbocycles.